The maximum Gasteiger partial charge on any atom is 0.276 e. The van der Waals surface area contributed by atoms with Crippen molar-refractivity contribution in [3.63, 3.8) is 0 Å². The van der Waals surface area contributed by atoms with Gasteiger partial charge in [-0.05, 0) is 49.9 Å². The van der Waals surface area contributed by atoms with E-state index in [1.165, 1.54) is 29.3 Å². The number of nitrogens with zero attached hydrogens (tertiary/aromatic N) is 2. The van der Waals surface area contributed by atoms with E-state index >= 15 is 0 Å². The van der Waals surface area contributed by atoms with Crippen LogP contribution < -0.4 is 0 Å². The lowest BCUT2D eigenvalue weighted by Crippen LogP contribution is -2.33. The van der Waals surface area contributed by atoms with E-state index < -0.39 is 5.60 Å². The number of aryl methyl sites for hydroxylation is 2. The number of aromatic nitrogens is 2. The summed E-state index contributed by atoms with van der Waals surface area (Å²) in [5.41, 5.74) is 2.83. The van der Waals surface area contributed by atoms with Crippen LogP contribution in [0, 0.1) is 13.8 Å². The van der Waals surface area contributed by atoms with Crippen LogP contribution in [0.1, 0.15) is 43.2 Å². The molecule has 0 radical (unpaired) electrons. The summed E-state index contributed by atoms with van der Waals surface area (Å²) in [7, 11) is 0. The Kier molecular flexibility index (Phi) is 4.54. The molecule has 1 saturated carbocycles. The molecule has 1 aromatic carbocycles. The van der Waals surface area contributed by atoms with Gasteiger partial charge in [-0.15, -0.1) is 10.2 Å². The second-order valence-corrected chi connectivity index (χ2v) is 7.17. The second-order valence-electron chi connectivity index (χ2n) is 6.25. The smallest absolute Gasteiger partial charge is 0.276 e. The third kappa shape index (κ3) is 3.52. The molecule has 4 nitrogen and oxygen atoms in total. The first-order chi connectivity index (χ1) is 10.6. The fourth-order valence-corrected chi connectivity index (χ4v) is 3.73. The Morgan fingerprint density at radius 2 is 1.91 bits per heavy atom. The van der Waals surface area contributed by atoms with Gasteiger partial charge < -0.3 is 9.52 Å². The van der Waals surface area contributed by atoms with Crippen molar-refractivity contribution in [3.05, 3.63) is 29.3 Å². The van der Waals surface area contributed by atoms with Crippen molar-refractivity contribution in [2.45, 2.75) is 56.8 Å². The van der Waals surface area contributed by atoms with Crippen molar-refractivity contribution in [3.8, 4) is 11.5 Å². The topological polar surface area (TPSA) is 59.2 Å². The predicted octanol–water partition coefficient (Wildman–Crippen LogP) is 4.14. The van der Waals surface area contributed by atoms with Crippen molar-refractivity contribution in [2.75, 3.05) is 5.75 Å². The summed E-state index contributed by atoms with van der Waals surface area (Å²) < 4.78 is 5.73. The van der Waals surface area contributed by atoms with Gasteiger partial charge in [-0.3, -0.25) is 0 Å². The molecule has 3 rings (SSSR count). The molecule has 5 heteroatoms. The Morgan fingerprint density at radius 3 is 2.64 bits per heavy atom. The lowest BCUT2D eigenvalue weighted by Gasteiger charge is -2.31. The first-order valence-corrected chi connectivity index (χ1v) is 8.81. The highest BCUT2D eigenvalue weighted by atomic mass is 32.2. The molecule has 0 spiro atoms. The Labute approximate surface area is 135 Å². The highest BCUT2D eigenvalue weighted by molar-refractivity contribution is 7.99. The van der Waals surface area contributed by atoms with Gasteiger partial charge in [0.25, 0.3) is 5.22 Å². The molecule has 1 fully saturated rings. The van der Waals surface area contributed by atoms with Crippen LogP contribution in [0.5, 0.6) is 0 Å². The Bertz CT molecular complexity index is 648. The van der Waals surface area contributed by atoms with Crippen LogP contribution in [-0.4, -0.2) is 26.7 Å². The van der Waals surface area contributed by atoms with Crippen LogP contribution in [0.4, 0.5) is 0 Å². The second kappa shape index (κ2) is 6.42. The van der Waals surface area contributed by atoms with Crippen LogP contribution in [0.3, 0.4) is 0 Å². The number of aliphatic hydroxyl groups is 1. The largest absolute Gasteiger partial charge is 0.411 e. The number of hydrogen-bond acceptors (Lipinski definition) is 5. The lowest BCUT2D eigenvalue weighted by molar-refractivity contribution is 0.0271. The van der Waals surface area contributed by atoms with E-state index in [0.29, 0.717) is 16.9 Å². The highest BCUT2D eigenvalue weighted by Gasteiger charge is 2.30. The number of rotatable bonds is 4. The molecule has 0 unspecified atom stereocenters. The van der Waals surface area contributed by atoms with Gasteiger partial charge in [0.05, 0.1) is 5.60 Å². The molecule has 22 heavy (non-hydrogen) atoms. The zero-order chi connectivity index (χ0) is 15.6. The molecule has 118 valence electrons. The van der Waals surface area contributed by atoms with Crippen LogP contribution in [0.2, 0.25) is 0 Å². The molecule has 0 bridgehead atoms. The van der Waals surface area contributed by atoms with Crippen LogP contribution in [0.15, 0.2) is 27.8 Å². The fraction of sp³-hybridized carbons (Fsp3) is 0.529. The maximum atomic E-state index is 10.5. The Balaban J connectivity index is 1.67. The summed E-state index contributed by atoms with van der Waals surface area (Å²) in [6.45, 7) is 4.16. The van der Waals surface area contributed by atoms with E-state index in [1.807, 2.05) is 6.07 Å². The number of hydrogen-bond donors (Lipinski definition) is 1. The van der Waals surface area contributed by atoms with Gasteiger partial charge in [0.1, 0.15) is 0 Å². The standard InChI is InChI=1S/C17H22N2O2S/c1-12-6-7-14(10-13(12)2)15-18-19-16(21-15)22-11-17(20)8-4-3-5-9-17/h6-7,10,20H,3-5,8-9,11H2,1-2H3. The summed E-state index contributed by atoms with van der Waals surface area (Å²) >= 11 is 1.46. The van der Waals surface area contributed by atoms with Crippen molar-refractivity contribution in [2.24, 2.45) is 0 Å². The Hall–Kier alpha value is -1.33. The molecule has 0 atom stereocenters. The minimum Gasteiger partial charge on any atom is -0.411 e. The third-order valence-corrected chi connectivity index (χ3v) is 5.50. The van der Waals surface area contributed by atoms with E-state index in [9.17, 15) is 5.11 Å². The molecular weight excluding hydrogens is 296 g/mol. The maximum absolute atomic E-state index is 10.5. The molecule has 2 aromatic rings. The fourth-order valence-electron chi connectivity index (χ4n) is 2.81. The zero-order valence-corrected chi connectivity index (χ0v) is 13.9. The minimum absolute atomic E-state index is 0.534. The molecule has 1 aliphatic rings. The van der Waals surface area contributed by atoms with Crippen LogP contribution in [-0.2, 0) is 0 Å². The van der Waals surface area contributed by atoms with Gasteiger partial charge >= 0.3 is 0 Å². The average molecular weight is 318 g/mol. The quantitative estimate of drug-likeness (QED) is 0.859. The van der Waals surface area contributed by atoms with Gasteiger partial charge in [0, 0.05) is 11.3 Å². The molecular formula is C17H22N2O2S. The van der Waals surface area contributed by atoms with Crippen LogP contribution >= 0.6 is 11.8 Å². The average Bonchev–Trinajstić information content (AvgIpc) is 2.98. The highest BCUT2D eigenvalue weighted by Crippen LogP contribution is 2.33. The monoisotopic (exact) mass is 318 g/mol. The first-order valence-electron chi connectivity index (χ1n) is 7.82. The summed E-state index contributed by atoms with van der Waals surface area (Å²) in [4.78, 5) is 0. The van der Waals surface area contributed by atoms with Gasteiger partial charge in [-0.2, -0.15) is 0 Å². The SMILES string of the molecule is Cc1ccc(-c2nnc(SCC3(O)CCCCC3)o2)cc1C. The van der Waals surface area contributed by atoms with E-state index in [2.05, 4.69) is 36.2 Å². The third-order valence-electron chi connectivity index (χ3n) is 4.41. The summed E-state index contributed by atoms with van der Waals surface area (Å²) in [6, 6.07) is 6.12. The number of benzene rings is 1. The van der Waals surface area contributed by atoms with Gasteiger partial charge in [-0.25, -0.2) is 0 Å². The Morgan fingerprint density at radius 1 is 1.14 bits per heavy atom. The van der Waals surface area contributed by atoms with Crippen molar-refractivity contribution in [1.82, 2.24) is 10.2 Å². The molecule has 1 aromatic heterocycles. The molecule has 0 amide bonds. The van der Waals surface area contributed by atoms with E-state index in [-0.39, 0.29) is 0 Å². The predicted molar refractivity (Wildman–Crippen MR) is 88.0 cm³/mol. The molecule has 0 aliphatic heterocycles. The number of thioether (sulfide) groups is 1. The summed E-state index contributed by atoms with van der Waals surface area (Å²) in [5.74, 6) is 1.17. The summed E-state index contributed by atoms with van der Waals surface area (Å²) in [6.07, 6.45) is 5.18. The zero-order valence-electron chi connectivity index (χ0n) is 13.1. The van der Waals surface area contributed by atoms with E-state index in [0.717, 1.165) is 31.2 Å². The molecule has 1 aliphatic carbocycles. The van der Waals surface area contributed by atoms with Crippen molar-refractivity contribution < 1.29 is 9.52 Å². The van der Waals surface area contributed by atoms with Gasteiger partial charge in [0.2, 0.25) is 5.89 Å². The molecule has 1 heterocycles. The van der Waals surface area contributed by atoms with Crippen LogP contribution in [0.25, 0.3) is 11.5 Å². The van der Waals surface area contributed by atoms with Crippen molar-refractivity contribution in [1.29, 1.82) is 0 Å². The molecule has 1 N–H and O–H groups in total. The normalized spacial score (nSPS) is 17.6. The first kappa shape index (κ1) is 15.6. The van der Waals surface area contributed by atoms with Gasteiger partial charge in [-0.1, -0.05) is 37.1 Å². The van der Waals surface area contributed by atoms with Crippen molar-refractivity contribution >= 4 is 11.8 Å². The van der Waals surface area contributed by atoms with Gasteiger partial charge in [0.15, 0.2) is 0 Å². The van der Waals surface area contributed by atoms with E-state index in [4.69, 9.17) is 4.42 Å². The minimum atomic E-state index is -0.571. The van der Waals surface area contributed by atoms with E-state index in [1.54, 1.807) is 0 Å². The summed E-state index contributed by atoms with van der Waals surface area (Å²) in [5, 5.41) is 19.3. The molecule has 0 saturated heterocycles. The lowest BCUT2D eigenvalue weighted by atomic mass is 9.86.